The van der Waals surface area contributed by atoms with E-state index in [2.05, 4.69) is 5.16 Å². The molecule has 1 heterocycles. The van der Waals surface area contributed by atoms with Crippen LogP contribution in [0.3, 0.4) is 0 Å². The number of benzene rings is 1. The summed E-state index contributed by atoms with van der Waals surface area (Å²) in [5.41, 5.74) is 9.27. The predicted octanol–water partition coefficient (Wildman–Crippen LogP) is 3.06. The van der Waals surface area contributed by atoms with Gasteiger partial charge in [0.2, 0.25) is 5.88 Å². The van der Waals surface area contributed by atoms with Crippen molar-refractivity contribution < 1.29 is 9.63 Å². The highest BCUT2D eigenvalue weighted by atomic mass is 16.5. The number of rotatable bonds is 2. The van der Waals surface area contributed by atoms with E-state index in [-0.39, 0.29) is 5.92 Å². The lowest BCUT2D eigenvalue weighted by molar-refractivity contribution is 0.436. The summed E-state index contributed by atoms with van der Waals surface area (Å²) in [7, 11) is 0. The standard InChI is InChI=1S/C13H16N2O2/c1-7(2)9-5-10(8(3)4-12(9)16)11-6-15-17-13(11)14/h4-7,16H,14H2,1-3H3. The Bertz CT molecular complexity index is 544. The molecule has 0 aliphatic heterocycles. The number of nitrogens with two attached hydrogens (primary N) is 1. The summed E-state index contributed by atoms with van der Waals surface area (Å²) in [5.74, 6) is 0.861. The summed E-state index contributed by atoms with van der Waals surface area (Å²) in [6, 6.07) is 3.69. The van der Waals surface area contributed by atoms with E-state index < -0.39 is 0 Å². The quantitative estimate of drug-likeness (QED) is 0.834. The minimum Gasteiger partial charge on any atom is -0.508 e. The molecule has 90 valence electrons. The highest BCUT2D eigenvalue weighted by Crippen LogP contribution is 2.35. The molecule has 0 saturated carbocycles. The summed E-state index contributed by atoms with van der Waals surface area (Å²) in [5, 5.41) is 13.6. The maximum absolute atomic E-state index is 9.88. The van der Waals surface area contributed by atoms with Crippen molar-refractivity contribution in [2.75, 3.05) is 5.73 Å². The van der Waals surface area contributed by atoms with Gasteiger partial charge in [0.1, 0.15) is 5.75 Å². The van der Waals surface area contributed by atoms with Gasteiger partial charge in [0.15, 0.2) is 0 Å². The van der Waals surface area contributed by atoms with Gasteiger partial charge in [0.05, 0.1) is 11.8 Å². The topological polar surface area (TPSA) is 72.3 Å². The molecule has 4 heteroatoms. The first-order chi connectivity index (χ1) is 8.00. The third-order valence-electron chi connectivity index (χ3n) is 2.88. The zero-order valence-corrected chi connectivity index (χ0v) is 10.2. The van der Waals surface area contributed by atoms with Crippen LogP contribution in [-0.4, -0.2) is 10.3 Å². The van der Waals surface area contributed by atoms with E-state index in [0.29, 0.717) is 11.6 Å². The Hall–Kier alpha value is -1.97. The number of hydrogen-bond acceptors (Lipinski definition) is 4. The van der Waals surface area contributed by atoms with E-state index in [9.17, 15) is 5.11 Å². The van der Waals surface area contributed by atoms with Crippen LogP contribution in [0.2, 0.25) is 0 Å². The van der Waals surface area contributed by atoms with Crippen LogP contribution in [0.1, 0.15) is 30.9 Å². The largest absolute Gasteiger partial charge is 0.508 e. The van der Waals surface area contributed by atoms with Gasteiger partial charge in [0, 0.05) is 0 Å². The Morgan fingerprint density at radius 2 is 2.00 bits per heavy atom. The number of aromatic nitrogens is 1. The van der Waals surface area contributed by atoms with Crippen LogP contribution in [0, 0.1) is 6.92 Å². The van der Waals surface area contributed by atoms with Crippen molar-refractivity contribution in [3.05, 3.63) is 29.5 Å². The maximum atomic E-state index is 9.88. The molecule has 0 aliphatic rings. The Morgan fingerprint density at radius 1 is 1.29 bits per heavy atom. The summed E-state index contributed by atoms with van der Waals surface area (Å²) in [6.07, 6.45) is 1.60. The molecule has 0 amide bonds. The van der Waals surface area contributed by atoms with Crippen LogP contribution in [0.5, 0.6) is 5.75 Å². The zero-order valence-electron chi connectivity index (χ0n) is 10.2. The first kappa shape index (κ1) is 11.5. The van der Waals surface area contributed by atoms with E-state index in [1.54, 1.807) is 12.3 Å². The van der Waals surface area contributed by atoms with E-state index in [4.69, 9.17) is 10.3 Å². The van der Waals surface area contributed by atoms with Gasteiger partial charge in [-0.05, 0) is 41.7 Å². The second-order valence-electron chi connectivity index (χ2n) is 4.48. The average molecular weight is 232 g/mol. The maximum Gasteiger partial charge on any atom is 0.229 e. The van der Waals surface area contributed by atoms with Crippen molar-refractivity contribution in [3.63, 3.8) is 0 Å². The smallest absolute Gasteiger partial charge is 0.229 e. The van der Waals surface area contributed by atoms with Crippen LogP contribution in [-0.2, 0) is 0 Å². The SMILES string of the molecule is Cc1cc(O)c(C(C)C)cc1-c1cnoc1N. The highest BCUT2D eigenvalue weighted by molar-refractivity contribution is 5.76. The molecule has 0 bridgehead atoms. The van der Waals surface area contributed by atoms with E-state index >= 15 is 0 Å². The second kappa shape index (κ2) is 4.13. The molecule has 0 radical (unpaired) electrons. The molecule has 0 fully saturated rings. The van der Waals surface area contributed by atoms with Crippen molar-refractivity contribution in [2.24, 2.45) is 0 Å². The number of nitrogens with zero attached hydrogens (tertiary/aromatic N) is 1. The van der Waals surface area contributed by atoms with Gasteiger partial charge in [-0.15, -0.1) is 0 Å². The number of aromatic hydroxyl groups is 1. The molecule has 0 spiro atoms. The average Bonchev–Trinajstić information content (AvgIpc) is 2.64. The first-order valence-electron chi connectivity index (χ1n) is 5.54. The fourth-order valence-corrected chi connectivity index (χ4v) is 1.91. The molecule has 1 aromatic heterocycles. The molecule has 0 unspecified atom stereocenters. The second-order valence-corrected chi connectivity index (χ2v) is 4.48. The predicted molar refractivity (Wildman–Crippen MR) is 66.8 cm³/mol. The lowest BCUT2D eigenvalue weighted by Gasteiger charge is -2.12. The van der Waals surface area contributed by atoms with E-state index in [1.807, 2.05) is 26.8 Å². The number of hydrogen-bond donors (Lipinski definition) is 2. The Labute approximate surface area is 100 Å². The highest BCUT2D eigenvalue weighted by Gasteiger charge is 2.14. The monoisotopic (exact) mass is 232 g/mol. The van der Waals surface area contributed by atoms with Crippen molar-refractivity contribution in [1.82, 2.24) is 5.16 Å². The van der Waals surface area contributed by atoms with Gasteiger partial charge >= 0.3 is 0 Å². The molecule has 1 aromatic carbocycles. The van der Waals surface area contributed by atoms with Crippen LogP contribution in [0.15, 0.2) is 22.9 Å². The third kappa shape index (κ3) is 1.98. The summed E-state index contributed by atoms with van der Waals surface area (Å²) in [4.78, 5) is 0. The van der Waals surface area contributed by atoms with Crippen molar-refractivity contribution in [3.8, 4) is 16.9 Å². The normalized spacial score (nSPS) is 11.1. The number of nitrogen functional groups attached to an aromatic ring is 1. The molecule has 2 aromatic rings. The van der Waals surface area contributed by atoms with Gasteiger partial charge in [-0.25, -0.2) is 0 Å². The number of phenolic OH excluding ortho intramolecular Hbond substituents is 1. The minimum atomic E-state index is 0.246. The van der Waals surface area contributed by atoms with Crippen molar-refractivity contribution >= 4 is 5.88 Å². The van der Waals surface area contributed by atoms with Crippen molar-refractivity contribution in [1.29, 1.82) is 0 Å². The molecule has 0 saturated heterocycles. The summed E-state index contributed by atoms with van der Waals surface area (Å²) in [6.45, 7) is 5.99. The van der Waals surface area contributed by atoms with Gasteiger partial charge in [-0.3, -0.25) is 0 Å². The molecular formula is C13H16N2O2. The van der Waals surface area contributed by atoms with Crippen LogP contribution in [0.4, 0.5) is 5.88 Å². The Kier molecular flexibility index (Phi) is 2.79. The first-order valence-corrected chi connectivity index (χ1v) is 5.54. The molecule has 3 N–H and O–H groups in total. The van der Waals surface area contributed by atoms with Gasteiger partial charge in [-0.1, -0.05) is 19.0 Å². The van der Waals surface area contributed by atoms with Gasteiger partial charge in [0.25, 0.3) is 0 Å². The minimum absolute atomic E-state index is 0.246. The van der Waals surface area contributed by atoms with E-state index in [0.717, 1.165) is 22.3 Å². The Morgan fingerprint density at radius 3 is 2.53 bits per heavy atom. The van der Waals surface area contributed by atoms with Crippen LogP contribution in [0.25, 0.3) is 11.1 Å². The molecule has 17 heavy (non-hydrogen) atoms. The Balaban J connectivity index is 2.63. The lowest BCUT2D eigenvalue weighted by atomic mass is 9.94. The third-order valence-corrected chi connectivity index (χ3v) is 2.88. The van der Waals surface area contributed by atoms with E-state index in [1.165, 1.54) is 0 Å². The van der Waals surface area contributed by atoms with Crippen LogP contribution >= 0.6 is 0 Å². The van der Waals surface area contributed by atoms with Crippen molar-refractivity contribution in [2.45, 2.75) is 26.7 Å². The number of aryl methyl sites for hydroxylation is 1. The number of anilines is 1. The molecule has 0 atom stereocenters. The lowest BCUT2D eigenvalue weighted by Crippen LogP contribution is -1.93. The van der Waals surface area contributed by atoms with Gasteiger partial charge < -0.3 is 15.4 Å². The summed E-state index contributed by atoms with van der Waals surface area (Å²) < 4.78 is 4.87. The molecule has 2 rings (SSSR count). The fourth-order valence-electron chi connectivity index (χ4n) is 1.91. The summed E-state index contributed by atoms with van der Waals surface area (Å²) >= 11 is 0. The van der Waals surface area contributed by atoms with Crippen LogP contribution < -0.4 is 5.73 Å². The van der Waals surface area contributed by atoms with Gasteiger partial charge in [-0.2, -0.15) is 0 Å². The molecule has 0 aliphatic carbocycles. The molecular weight excluding hydrogens is 216 g/mol. The fraction of sp³-hybridized carbons (Fsp3) is 0.308. The molecule has 4 nitrogen and oxygen atoms in total. The zero-order chi connectivity index (χ0) is 12.6. The number of phenols is 1.